The number of hydrogen-bond donors (Lipinski definition) is 2. The quantitative estimate of drug-likeness (QED) is 0.777. The number of fused-ring (bicyclic) bond motifs is 1. The van der Waals surface area contributed by atoms with Crippen LogP contribution in [0.5, 0.6) is 0 Å². The predicted molar refractivity (Wildman–Crippen MR) is 84.6 cm³/mol. The predicted octanol–water partition coefficient (Wildman–Crippen LogP) is 2.32. The van der Waals surface area contributed by atoms with Crippen LogP contribution >= 0.6 is 0 Å². The minimum absolute atomic E-state index is 0.311. The van der Waals surface area contributed by atoms with Crippen molar-refractivity contribution in [3.05, 3.63) is 71.8 Å². The van der Waals surface area contributed by atoms with Gasteiger partial charge in [-0.1, -0.05) is 12.1 Å². The van der Waals surface area contributed by atoms with Crippen LogP contribution in [0, 0.1) is 5.82 Å². The molecule has 0 aliphatic rings. The third-order valence-corrected chi connectivity index (χ3v) is 3.97. The summed E-state index contributed by atoms with van der Waals surface area (Å²) in [4.78, 5) is 8.70. The Hall–Kier alpha value is -2.37. The molecule has 1 unspecified atom stereocenters. The van der Waals surface area contributed by atoms with Crippen LogP contribution in [0.15, 0.2) is 54.9 Å². The fourth-order valence-corrected chi connectivity index (χ4v) is 2.60. The molecule has 0 saturated heterocycles. The molecule has 4 N–H and O–H groups in total. The van der Waals surface area contributed by atoms with Crippen molar-refractivity contribution in [3.8, 4) is 0 Å². The molecular formula is C17H17FN4. The highest BCUT2D eigenvalue weighted by atomic mass is 19.1. The Morgan fingerprint density at radius 3 is 2.45 bits per heavy atom. The Morgan fingerprint density at radius 1 is 1.05 bits per heavy atom. The summed E-state index contributed by atoms with van der Waals surface area (Å²) in [5, 5.41) is 0. The SMILES string of the molecule is C[C@H](N)C(N)(c1ccc(F)cc1)c1cnc2cccnc2c1. The van der Waals surface area contributed by atoms with E-state index in [9.17, 15) is 4.39 Å². The lowest BCUT2D eigenvalue weighted by Crippen LogP contribution is -2.51. The molecule has 0 bridgehead atoms. The summed E-state index contributed by atoms with van der Waals surface area (Å²) in [5.74, 6) is -0.311. The first-order valence-corrected chi connectivity index (χ1v) is 7.03. The van der Waals surface area contributed by atoms with Gasteiger partial charge in [0, 0.05) is 18.4 Å². The zero-order valence-electron chi connectivity index (χ0n) is 12.2. The van der Waals surface area contributed by atoms with Crippen LogP contribution in [0.2, 0.25) is 0 Å². The molecule has 2 heterocycles. The molecule has 2 aromatic heterocycles. The molecule has 0 radical (unpaired) electrons. The highest BCUT2D eigenvalue weighted by Crippen LogP contribution is 2.30. The van der Waals surface area contributed by atoms with Gasteiger partial charge in [-0.15, -0.1) is 0 Å². The normalized spacial score (nSPS) is 15.5. The topological polar surface area (TPSA) is 77.8 Å². The van der Waals surface area contributed by atoms with Gasteiger partial charge in [0.1, 0.15) is 5.82 Å². The van der Waals surface area contributed by atoms with Crippen LogP contribution in [0.4, 0.5) is 4.39 Å². The fraction of sp³-hybridized carbons (Fsp3) is 0.176. The van der Waals surface area contributed by atoms with Crippen molar-refractivity contribution in [2.75, 3.05) is 0 Å². The van der Waals surface area contributed by atoms with E-state index in [1.807, 2.05) is 25.1 Å². The number of rotatable bonds is 3. The van der Waals surface area contributed by atoms with E-state index in [4.69, 9.17) is 11.5 Å². The molecule has 22 heavy (non-hydrogen) atoms. The molecule has 4 nitrogen and oxygen atoms in total. The van der Waals surface area contributed by atoms with E-state index in [1.54, 1.807) is 24.5 Å². The van der Waals surface area contributed by atoms with Crippen LogP contribution in [0.1, 0.15) is 18.1 Å². The Balaban J connectivity index is 2.18. The first kappa shape index (κ1) is 14.6. The lowest BCUT2D eigenvalue weighted by Gasteiger charge is -2.34. The second kappa shape index (κ2) is 5.44. The molecule has 3 rings (SSSR count). The Kier molecular flexibility index (Phi) is 3.60. The zero-order chi connectivity index (χ0) is 15.7. The monoisotopic (exact) mass is 296 g/mol. The van der Waals surface area contributed by atoms with E-state index in [2.05, 4.69) is 9.97 Å². The first-order chi connectivity index (χ1) is 10.5. The molecule has 0 saturated carbocycles. The fourth-order valence-electron chi connectivity index (χ4n) is 2.60. The molecule has 0 amide bonds. The van der Waals surface area contributed by atoms with Crippen molar-refractivity contribution < 1.29 is 4.39 Å². The average Bonchev–Trinajstić information content (AvgIpc) is 2.54. The molecule has 3 aromatic rings. The zero-order valence-corrected chi connectivity index (χ0v) is 12.2. The van der Waals surface area contributed by atoms with Gasteiger partial charge in [0.15, 0.2) is 0 Å². The van der Waals surface area contributed by atoms with E-state index >= 15 is 0 Å². The van der Waals surface area contributed by atoms with Crippen molar-refractivity contribution in [2.45, 2.75) is 18.5 Å². The minimum atomic E-state index is -0.966. The van der Waals surface area contributed by atoms with Crippen LogP contribution in [-0.4, -0.2) is 16.0 Å². The molecule has 0 aliphatic carbocycles. The largest absolute Gasteiger partial charge is 0.326 e. The summed E-state index contributed by atoms with van der Waals surface area (Å²) in [6, 6.07) is 11.3. The second-order valence-electron chi connectivity index (χ2n) is 5.43. The Bertz CT molecular complexity index is 801. The van der Waals surface area contributed by atoms with Gasteiger partial charge < -0.3 is 11.5 Å². The number of hydrogen-bond acceptors (Lipinski definition) is 4. The average molecular weight is 296 g/mol. The maximum Gasteiger partial charge on any atom is 0.123 e. The highest BCUT2D eigenvalue weighted by Gasteiger charge is 2.34. The summed E-state index contributed by atoms with van der Waals surface area (Å²) in [6.07, 6.45) is 3.41. The van der Waals surface area contributed by atoms with E-state index in [-0.39, 0.29) is 11.9 Å². The van der Waals surface area contributed by atoms with Gasteiger partial charge in [-0.2, -0.15) is 0 Å². The number of pyridine rings is 2. The van der Waals surface area contributed by atoms with E-state index in [1.165, 1.54) is 12.1 Å². The van der Waals surface area contributed by atoms with Crippen LogP contribution in [-0.2, 0) is 5.54 Å². The van der Waals surface area contributed by atoms with Gasteiger partial charge in [0.2, 0.25) is 0 Å². The summed E-state index contributed by atoms with van der Waals surface area (Å²) in [6.45, 7) is 1.83. The molecule has 0 spiro atoms. The summed E-state index contributed by atoms with van der Waals surface area (Å²) < 4.78 is 13.2. The Labute approximate surface area is 128 Å². The van der Waals surface area contributed by atoms with Crippen molar-refractivity contribution in [1.82, 2.24) is 9.97 Å². The van der Waals surface area contributed by atoms with Crippen molar-refractivity contribution in [3.63, 3.8) is 0 Å². The number of aromatic nitrogens is 2. The minimum Gasteiger partial charge on any atom is -0.326 e. The number of nitrogens with two attached hydrogens (primary N) is 2. The molecule has 0 fully saturated rings. The van der Waals surface area contributed by atoms with Crippen molar-refractivity contribution >= 4 is 11.0 Å². The van der Waals surface area contributed by atoms with Gasteiger partial charge in [0.05, 0.1) is 16.6 Å². The number of nitrogens with zero attached hydrogens (tertiary/aromatic N) is 2. The smallest absolute Gasteiger partial charge is 0.123 e. The first-order valence-electron chi connectivity index (χ1n) is 7.03. The van der Waals surface area contributed by atoms with Gasteiger partial charge in [-0.3, -0.25) is 9.97 Å². The van der Waals surface area contributed by atoms with Crippen LogP contribution < -0.4 is 11.5 Å². The summed E-state index contributed by atoms with van der Waals surface area (Å²) in [7, 11) is 0. The van der Waals surface area contributed by atoms with Gasteiger partial charge in [-0.25, -0.2) is 4.39 Å². The molecule has 1 aromatic carbocycles. The van der Waals surface area contributed by atoms with Crippen LogP contribution in [0.25, 0.3) is 11.0 Å². The third-order valence-electron chi connectivity index (χ3n) is 3.97. The lowest BCUT2D eigenvalue weighted by molar-refractivity contribution is 0.444. The standard InChI is InChI=1S/C17H17FN4/c1-11(19)17(20,12-4-6-14(18)7-5-12)13-9-16-15(22-10-13)3-2-8-21-16/h2-11H,19-20H2,1H3/t11-,17?/m0/s1. The van der Waals surface area contributed by atoms with E-state index < -0.39 is 5.54 Å². The molecular weight excluding hydrogens is 279 g/mol. The molecule has 0 aliphatic heterocycles. The summed E-state index contributed by atoms with van der Waals surface area (Å²) in [5.41, 5.74) is 14.8. The maximum atomic E-state index is 13.2. The molecule has 2 atom stereocenters. The van der Waals surface area contributed by atoms with Crippen molar-refractivity contribution in [2.24, 2.45) is 11.5 Å². The van der Waals surface area contributed by atoms with E-state index in [0.717, 1.165) is 22.2 Å². The van der Waals surface area contributed by atoms with Gasteiger partial charge in [-0.05, 0) is 48.4 Å². The van der Waals surface area contributed by atoms with Gasteiger partial charge in [0.25, 0.3) is 0 Å². The second-order valence-corrected chi connectivity index (χ2v) is 5.43. The summed E-state index contributed by atoms with van der Waals surface area (Å²) >= 11 is 0. The molecule has 5 heteroatoms. The number of benzene rings is 1. The highest BCUT2D eigenvalue weighted by molar-refractivity contribution is 5.74. The lowest BCUT2D eigenvalue weighted by atomic mass is 9.79. The molecule has 112 valence electrons. The van der Waals surface area contributed by atoms with E-state index in [0.29, 0.717) is 0 Å². The number of halogens is 1. The third kappa shape index (κ3) is 2.34. The van der Waals surface area contributed by atoms with Crippen molar-refractivity contribution in [1.29, 1.82) is 0 Å². The maximum absolute atomic E-state index is 13.2. The van der Waals surface area contributed by atoms with Gasteiger partial charge >= 0.3 is 0 Å². The Morgan fingerprint density at radius 2 is 1.77 bits per heavy atom. The van der Waals surface area contributed by atoms with Crippen LogP contribution in [0.3, 0.4) is 0 Å².